The van der Waals surface area contributed by atoms with Crippen LogP contribution in [0, 0.1) is 10.1 Å². The number of non-ortho nitro benzene ring substituents is 1. The number of fused-ring (bicyclic) bond motifs is 2. The molecule has 0 bridgehead atoms. The van der Waals surface area contributed by atoms with E-state index in [1.54, 1.807) is 30.3 Å². The van der Waals surface area contributed by atoms with E-state index in [-0.39, 0.29) is 17.5 Å². The van der Waals surface area contributed by atoms with E-state index in [1.807, 2.05) is 0 Å². The summed E-state index contributed by atoms with van der Waals surface area (Å²) < 4.78 is 0.620. The van der Waals surface area contributed by atoms with Crippen molar-refractivity contribution in [3.63, 3.8) is 0 Å². The molecule has 2 aromatic heterocycles. The Kier molecular flexibility index (Phi) is 5.98. The Balaban J connectivity index is 1.33. The highest BCUT2D eigenvalue weighted by atomic mass is 35.5. The van der Waals surface area contributed by atoms with Gasteiger partial charge in [0.05, 0.1) is 26.8 Å². The number of benzene rings is 2. The number of thiazole rings is 2. The number of nitro groups is 1. The van der Waals surface area contributed by atoms with Gasteiger partial charge in [-0.3, -0.25) is 25.0 Å². The third kappa shape index (κ3) is 4.49. The monoisotopic (exact) mass is 513 g/mol. The van der Waals surface area contributed by atoms with Crippen molar-refractivity contribution < 1.29 is 14.5 Å². The maximum absolute atomic E-state index is 13.1. The van der Waals surface area contributed by atoms with Crippen LogP contribution in [0.4, 0.5) is 16.0 Å². The van der Waals surface area contributed by atoms with Gasteiger partial charge in [0.15, 0.2) is 10.3 Å². The maximum Gasteiger partial charge on any atom is 0.270 e. The summed E-state index contributed by atoms with van der Waals surface area (Å²) in [6.07, 6.45) is 2.24. The van der Waals surface area contributed by atoms with Gasteiger partial charge in [-0.25, -0.2) is 9.97 Å². The van der Waals surface area contributed by atoms with E-state index in [1.165, 1.54) is 34.8 Å². The van der Waals surface area contributed by atoms with Crippen LogP contribution in [0.5, 0.6) is 0 Å². The number of nitro benzene ring substituents is 1. The molecular weight excluding hydrogens is 498 g/mol. The number of nitrogens with one attached hydrogen (secondary N) is 2. The first kappa shape index (κ1) is 22.4. The number of nitrogens with zero attached hydrogens (tertiary/aromatic N) is 3. The predicted octanol–water partition coefficient (Wildman–Crippen LogP) is 5.63. The van der Waals surface area contributed by atoms with Crippen LogP contribution in [-0.4, -0.2) is 26.7 Å². The van der Waals surface area contributed by atoms with Gasteiger partial charge in [-0.2, -0.15) is 0 Å². The number of halogens is 1. The van der Waals surface area contributed by atoms with Gasteiger partial charge >= 0.3 is 0 Å². The molecule has 9 nitrogen and oxygen atoms in total. The third-order valence-corrected chi connectivity index (χ3v) is 7.64. The Morgan fingerprint density at radius 2 is 1.82 bits per heavy atom. The Hall–Kier alpha value is -3.41. The molecule has 2 aromatic carbocycles. The summed E-state index contributed by atoms with van der Waals surface area (Å²) in [4.78, 5) is 46.0. The lowest BCUT2D eigenvalue weighted by molar-refractivity contribution is -0.384. The molecule has 0 aliphatic heterocycles. The van der Waals surface area contributed by atoms with Crippen molar-refractivity contribution in [1.82, 2.24) is 9.97 Å². The van der Waals surface area contributed by atoms with Crippen molar-refractivity contribution in [3.05, 3.63) is 73.7 Å². The summed E-state index contributed by atoms with van der Waals surface area (Å²) in [6.45, 7) is 0. The molecule has 0 spiro atoms. The van der Waals surface area contributed by atoms with Crippen LogP contribution in [-0.2, 0) is 11.2 Å². The van der Waals surface area contributed by atoms with E-state index in [9.17, 15) is 19.7 Å². The lowest BCUT2D eigenvalue weighted by Gasteiger charge is -2.19. The molecule has 0 saturated carbocycles. The molecule has 1 atom stereocenters. The van der Waals surface area contributed by atoms with Crippen molar-refractivity contribution in [3.8, 4) is 0 Å². The molecule has 0 fully saturated rings. The van der Waals surface area contributed by atoms with Gasteiger partial charge in [0.2, 0.25) is 5.91 Å². The van der Waals surface area contributed by atoms with Gasteiger partial charge < -0.3 is 5.32 Å². The first-order valence-corrected chi connectivity index (χ1v) is 12.3. The van der Waals surface area contributed by atoms with E-state index in [2.05, 4.69) is 20.6 Å². The average Bonchev–Trinajstić information content (AvgIpc) is 3.41. The van der Waals surface area contributed by atoms with Crippen molar-refractivity contribution in [2.75, 3.05) is 10.6 Å². The number of amides is 2. The molecule has 2 heterocycles. The number of anilines is 2. The number of carbonyl (C=O) groups is 2. The molecule has 1 aliphatic rings. The minimum absolute atomic E-state index is 0.0263. The number of hydrogen-bond donors (Lipinski definition) is 2. The molecular formula is C22H16ClN5O4S2. The number of rotatable bonds is 5. The van der Waals surface area contributed by atoms with E-state index in [0.29, 0.717) is 43.2 Å². The van der Waals surface area contributed by atoms with E-state index in [4.69, 9.17) is 11.6 Å². The molecule has 0 radical (unpaired) electrons. The largest absolute Gasteiger partial charge is 0.301 e. The number of aryl methyl sites for hydroxylation is 1. The van der Waals surface area contributed by atoms with E-state index < -0.39 is 10.8 Å². The van der Waals surface area contributed by atoms with E-state index >= 15 is 0 Å². The van der Waals surface area contributed by atoms with Crippen molar-refractivity contribution in [2.45, 2.75) is 25.2 Å². The molecule has 2 amide bonds. The highest BCUT2D eigenvalue weighted by molar-refractivity contribution is 7.22. The van der Waals surface area contributed by atoms with Crippen LogP contribution in [0.2, 0.25) is 5.02 Å². The summed E-state index contributed by atoms with van der Waals surface area (Å²) in [6, 6.07) is 10.9. The Labute approximate surface area is 206 Å². The standard InChI is InChI=1S/C22H16ClN5O4S2/c23-12-6-4-11(5-7-12)19(29)26-22-25-18-14(2-1-3-16(18)33-22)20(30)27-21-24-15-9-8-13(28(31)32)10-17(15)34-21/h4-10,14H,1-3H2,(H,24,27,30)(H,25,26,29). The van der Waals surface area contributed by atoms with Crippen molar-refractivity contribution >= 4 is 72.3 Å². The summed E-state index contributed by atoms with van der Waals surface area (Å²) in [7, 11) is 0. The van der Waals surface area contributed by atoms with Gasteiger partial charge in [0.25, 0.3) is 11.6 Å². The maximum atomic E-state index is 13.1. The topological polar surface area (TPSA) is 127 Å². The second kappa shape index (κ2) is 9.09. The van der Waals surface area contributed by atoms with E-state index in [0.717, 1.165) is 17.7 Å². The summed E-state index contributed by atoms with van der Waals surface area (Å²) in [5, 5.41) is 18.0. The van der Waals surface area contributed by atoms with Crippen LogP contribution in [0.1, 0.15) is 39.7 Å². The van der Waals surface area contributed by atoms with Crippen LogP contribution in [0.15, 0.2) is 42.5 Å². The fraction of sp³-hybridized carbons (Fsp3) is 0.182. The Bertz CT molecular complexity index is 1430. The molecule has 1 aliphatic carbocycles. The number of hydrogen-bond acceptors (Lipinski definition) is 8. The minimum Gasteiger partial charge on any atom is -0.301 e. The predicted molar refractivity (Wildman–Crippen MR) is 132 cm³/mol. The Morgan fingerprint density at radius 3 is 2.59 bits per heavy atom. The zero-order valence-corrected chi connectivity index (χ0v) is 19.8. The summed E-state index contributed by atoms with van der Waals surface area (Å²) in [5.74, 6) is -1.01. The fourth-order valence-corrected chi connectivity index (χ4v) is 5.86. The van der Waals surface area contributed by atoms with Gasteiger partial charge in [-0.1, -0.05) is 22.9 Å². The highest BCUT2D eigenvalue weighted by Crippen LogP contribution is 2.38. The van der Waals surface area contributed by atoms with Crippen molar-refractivity contribution in [2.24, 2.45) is 0 Å². The van der Waals surface area contributed by atoms with Crippen molar-refractivity contribution in [1.29, 1.82) is 0 Å². The minimum atomic E-state index is -0.470. The zero-order valence-electron chi connectivity index (χ0n) is 17.4. The third-order valence-electron chi connectivity index (χ3n) is 5.41. The zero-order chi connectivity index (χ0) is 23.8. The molecule has 34 heavy (non-hydrogen) atoms. The normalized spacial score (nSPS) is 15.0. The lowest BCUT2D eigenvalue weighted by Crippen LogP contribution is -2.24. The smallest absolute Gasteiger partial charge is 0.270 e. The molecule has 172 valence electrons. The van der Waals surface area contributed by atoms with Crippen LogP contribution >= 0.6 is 34.3 Å². The molecule has 2 N–H and O–H groups in total. The molecule has 1 unspecified atom stereocenters. The SMILES string of the molecule is O=C(Nc1nc2c(s1)CCCC2C(=O)Nc1nc2ccc([N+](=O)[O-])cc2s1)c1ccc(Cl)cc1. The fourth-order valence-electron chi connectivity index (χ4n) is 3.77. The number of aromatic nitrogens is 2. The lowest BCUT2D eigenvalue weighted by atomic mass is 9.90. The highest BCUT2D eigenvalue weighted by Gasteiger charge is 2.31. The van der Waals surface area contributed by atoms with Gasteiger partial charge in [-0.15, -0.1) is 11.3 Å². The average molecular weight is 514 g/mol. The van der Waals surface area contributed by atoms with Gasteiger partial charge in [-0.05, 0) is 49.6 Å². The quantitative estimate of drug-likeness (QED) is 0.263. The molecule has 4 aromatic rings. The van der Waals surface area contributed by atoms with Crippen LogP contribution in [0.25, 0.3) is 10.2 Å². The van der Waals surface area contributed by atoms with Crippen LogP contribution in [0.3, 0.4) is 0 Å². The second-order valence-corrected chi connectivity index (χ2v) is 10.2. The Morgan fingerprint density at radius 1 is 1.06 bits per heavy atom. The van der Waals surface area contributed by atoms with Crippen LogP contribution < -0.4 is 10.6 Å². The summed E-state index contributed by atoms with van der Waals surface area (Å²) >= 11 is 8.43. The first-order chi connectivity index (χ1) is 16.4. The second-order valence-electron chi connectivity index (χ2n) is 7.65. The molecule has 5 rings (SSSR count). The van der Waals surface area contributed by atoms with Gasteiger partial charge in [0, 0.05) is 27.6 Å². The van der Waals surface area contributed by atoms with Gasteiger partial charge in [0.1, 0.15) is 0 Å². The number of carbonyl (C=O) groups excluding carboxylic acids is 2. The first-order valence-electron chi connectivity index (χ1n) is 10.3. The molecule has 0 saturated heterocycles. The molecule has 12 heteroatoms. The summed E-state index contributed by atoms with van der Waals surface area (Å²) in [5.41, 5.74) is 1.68.